The molecule has 0 spiro atoms. The van der Waals surface area contributed by atoms with Crippen LogP contribution in [0.1, 0.15) is 38.2 Å². The molecule has 3 N–H and O–H groups in total. The summed E-state index contributed by atoms with van der Waals surface area (Å²) in [5.74, 6) is 8.27. The van der Waals surface area contributed by atoms with E-state index in [1.54, 1.807) is 7.11 Å². The van der Waals surface area contributed by atoms with Crippen molar-refractivity contribution in [3.05, 3.63) is 29.8 Å². The van der Waals surface area contributed by atoms with Crippen molar-refractivity contribution in [3.8, 4) is 5.75 Å². The molecule has 2 rings (SSSR count). The minimum atomic E-state index is 0.346. The Morgan fingerprint density at radius 3 is 2.84 bits per heavy atom. The fourth-order valence-electron chi connectivity index (χ4n) is 3.32. The van der Waals surface area contributed by atoms with Gasteiger partial charge in [-0.05, 0) is 42.7 Å². The zero-order valence-electron chi connectivity index (χ0n) is 12.1. The average molecular weight is 262 g/mol. The molecule has 1 aromatic carbocycles. The van der Waals surface area contributed by atoms with Crippen LogP contribution >= 0.6 is 0 Å². The van der Waals surface area contributed by atoms with Crippen molar-refractivity contribution in [2.24, 2.45) is 17.7 Å². The number of para-hydroxylation sites is 1. The highest BCUT2D eigenvalue weighted by molar-refractivity contribution is 5.33. The molecule has 0 amide bonds. The number of hydrogen-bond donors (Lipinski definition) is 2. The van der Waals surface area contributed by atoms with Gasteiger partial charge < -0.3 is 4.74 Å². The molecule has 0 bridgehead atoms. The SMILES string of the molecule is COc1ccccc1CC(NN)C1CCCC(C)C1. The van der Waals surface area contributed by atoms with Crippen molar-refractivity contribution in [2.75, 3.05) is 7.11 Å². The zero-order valence-corrected chi connectivity index (χ0v) is 12.1. The summed E-state index contributed by atoms with van der Waals surface area (Å²) >= 11 is 0. The van der Waals surface area contributed by atoms with Crippen molar-refractivity contribution in [2.45, 2.75) is 45.1 Å². The van der Waals surface area contributed by atoms with Crippen LogP contribution in [0.5, 0.6) is 5.75 Å². The summed E-state index contributed by atoms with van der Waals surface area (Å²) in [4.78, 5) is 0. The summed E-state index contributed by atoms with van der Waals surface area (Å²) < 4.78 is 5.43. The Bertz CT molecular complexity index is 394. The average Bonchev–Trinajstić information content (AvgIpc) is 2.45. The number of methoxy groups -OCH3 is 1. The van der Waals surface area contributed by atoms with Gasteiger partial charge in [0.05, 0.1) is 7.11 Å². The number of rotatable bonds is 5. The van der Waals surface area contributed by atoms with Crippen LogP contribution in [-0.4, -0.2) is 13.2 Å². The van der Waals surface area contributed by atoms with Gasteiger partial charge in [0.15, 0.2) is 0 Å². The zero-order chi connectivity index (χ0) is 13.7. The fourth-order valence-corrected chi connectivity index (χ4v) is 3.32. The van der Waals surface area contributed by atoms with Crippen LogP contribution in [0, 0.1) is 11.8 Å². The molecule has 1 fully saturated rings. The van der Waals surface area contributed by atoms with E-state index in [0.29, 0.717) is 12.0 Å². The Balaban J connectivity index is 2.05. The third-order valence-electron chi connectivity index (χ3n) is 4.39. The lowest BCUT2D eigenvalue weighted by Crippen LogP contribution is -2.44. The van der Waals surface area contributed by atoms with Crippen molar-refractivity contribution >= 4 is 0 Å². The number of nitrogens with two attached hydrogens (primary N) is 1. The molecule has 0 aliphatic heterocycles. The number of hydrogen-bond acceptors (Lipinski definition) is 3. The smallest absolute Gasteiger partial charge is 0.122 e. The summed E-state index contributed by atoms with van der Waals surface area (Å²) in [6, 6.07) is 8.58. The second-order valence-electron chi connectivity index (χ2n) is 5.82. The lowest BCUT2D eigenvalue weighted by atomic mass is 9.77. The van der Waals surface area contributed by atoms with Gasteiger partial charge in [0.1, 0.15) is 5.75 Å². The Hall–Kier alpha value is -1.06. The maximum Gasteiger partial charge on any atom is 0.122 e. The predicted molar refractivity (Wildman–Crippen MR) is 78.9 cm³/mol. The normalized spacial score (nSPS) is 25.0. The standard InChI is InChI=1S/C16H26N2O/c1-12-6-5-8-13(10-12)15(18-17)11-14-7-3-4-9-16(14)19-2/h3-4,7,9,12-13,15,18H,5-6,8,10-11,17H2,1-2H3. The second kappa shape index (κ2) is 6.92. The predicted octanol–water partition coefficient (Wildman–Crippen LogP) is 2.90. The molecule has 3 nitrogen and oxygen atoms in total. The summed E-state index contributed by atoms with van der Waals surface area (Å²) in [7, 11) is 1.73. The van der Waals surface area contributed by atoms with Gasteiger partial charge in [-0.3, -0.25) is 11.3 Å². The van der Waals surface area contributed by atoms with Crippen LogP contribution in [0.3, 0.4) is 0 Å². The van der Waals surface area contributed by atoms with E-state index in [0.717, 1.165) is 18.1 Å². The van der Waals surface area contributed by atoms with Gasteiger partial charge in [-0.1, -0.05) is 38.0 Å². The van der Waals surface area contributed by atoms with E-state index < -0.39 is 0 Å². The molecular weight excluding hydrogens is 236 g/mol. The van der Waals surface area contributed by atoms with Crippen LogP contribution in [0.25, 0.3) is 0 Å². The minimum absolute atomic E-state index is 0.346. The lowest BCUT2D eigenvalue weighted by molar-refractivity contribution is 0.221. The van der Waals surface area contributed by atoms with E-state index in [-0.39, 0.29) is 0 Å². The Labute approximate surface area is 116 Å². The first-order chi connectivity index (χ1) is 9.24. The summed E-state index contributed by atoms with van der Waals surface area (Å²) in [6.45, 7) is 2.35. The minimum Gasteiger partial charge on any atom is -0.496 e. The number of nitrogens with one attached hydrogen (secondary N) is 1. The number of benzene rings is 1. The van der Waals surface area contributed by atoms with Crippen LogP contribution in [-0.2, 0) is 6.42 Å². The molecule has 106 valence electrons. The maximum atomic E-state index is 5.80. The van der Waals surface area contributed by atoms with E-state index in [1.165, 1.54) is 31.2 Å². The molecule has 3 atom stereocenters. The second-order valence-corrected chi connectivity index (χ2v) is 5.82. The highest BCUT2D eigenvalue weighted by atomic mass is 16.5. The van der Waals surface area contributed by atoms with Gasteiger partial charge in [0.25, 0.3) is 0 Å². The largest absolute Gasteiger partial charge is 0.496 e. The Morgan fingerprint density at radius 2 is 2.16 bits per heavy atom. The quantitative estimate of drug-likeness (QED) is 0.633. The number of hydrazine groups is 1. The molecule has 0 radical (unpaired) electrons. The van der Waals surface area contributed by atoms with Crippen LogP contribution in [0.2, 0.25) is 0 Å². The Kier molecular flexibility index (Phi) is 5.23. The van der Waals surface area contributed by atoms with E-state index >= 15 is 0 Å². The summed E-state index contributed by atoms with van der Waals surface area (Å²) in [5, 5.41) is 0. The van der Waals surface area contributed by atoms with E-state index in [2.05, 4.69) is 24.5 Å². The van der Waals surface area contributed by atoms with Gasteiger partial charge in [0, 0.05) is 6.04 Å². The van der Waals surface area contributed by atoms with E-state index in [1.807, 2.05) is 12.1 Å². The van der Waals surface area contributed by atoms with Gasteiger partial charge in [-0.2, -0.15) is 0 Å². The molecule has 1 aromatic rings. The summed E-state index contributed by atoms with van der Waals surface area (Å²) in [5.41, 5.74) is 4.28. The van der Waals surface area contributed by atoms with Gasteiger partial charge in [0.2, 0.25) is 0 Å². The van der Waals surface area contributed by atoms with Crippen molar-refractivity contribution < 1.29 is 4.74 Å². The van der Waals surface area contributed by atoms with Gasteiger partial charge in [-0.15, -0.1) is 0 Å². The first-order valence-corrected chi connectivity index (χ1v) is 7.32. The third-order valence-corrected chi connectivity index (χ3v) is 4.39. The van der Waals surface area contributed by atoms with Crippen molar-refractivity contribution in [3.63, 3.8) is 0 Å². The molecule has 1 aliphatic carbocycles. The van der Waals surface area contributed by atoms with Gasteiger partial charge in [-0.25, -0.2) is 0 Å². The first kappa shape index (κ1) is 14.4. The molecule has 3 heteroatoms. The number of ether oxygens (including phenoxy) is 1. The fraction of sp³-hybridized carbons (Fsp3) is 0.625. The molecule has 19 heavy (non-hydrogen) atoms. The first-order valence-electron chi connectivity index (χ1n) is 7.32. The third kappa shape index (κ3) is 3.71. The molecular formula is C16H26N2O. The van der Waals surface area contributed by atoms with Gasteiger partial charge >= 0.3 is 0 Å². The van der Waals surface area contributed by atoms with Crippen molar-refractivity contribution in [1.29, 1.82) is 0 Å². The van der Waals surface area contributed by atoms with Crippen LogP contribution in [0.4, 0.5) is 0 Å². The van der Waals surface area contributed by atoms with E-state index in [4.69, 9.17) is 10.6 Å². The highest BCUT2D eigenvalue weighted by Gasteiger charge is 2.26. The molecule has 3 unspecified atom stereocenters. The monoisotopic (exact) mass is 262 g/mol. The Morgan fingerprint density at radius 1 is 1.37 bits per heavy atom. The maximum absolute atomic E-state index is 5.80. The molecule has 0 heterocycles. The molecule has 0 saturated heterocycles. The summed E-state index contributed by atoms with van der Waals surface area (Å²) in [6.07, 6.45) is 6.20. The van der Waals surface area contributed by atoms with Crippen molar-refractivity contribution in [1.82, 2.24) is 5.43 Å². The van der Waals surface area contributed by atoms with Crippen LogP contribution < -0.4 is 16.0 Å². The molecule has 0 aromatic heterocycles. The molecule has 1 aliphatic rings. The van der Waals surface area contributed by atoms with E-state index in [9.17, 15) is 0 Å². The highest BCUT2D eigenvalue weighted by Crippen LogP contribution is 2.32. The topological polar surface area (TPSA) is 47.3 Å². The lowest BCUT2D eigenvalue weighted by Gasteiger charge is -2.33. The molecule has 1 saturated carbocycles. The van der Waals surface area contributed by atoms with Crippen LogP contribution in [0.15, 0.2) is 24.3 Å².